The van der Waals surface area contributed by atoms with Crippen LogP contribution in [0.25, 0.3) is 0 Å². The highest BCUT2D eigenvalue weighted by Crippen LogP contribution is 2.34. The SMILES string of the molecule is CCC1(C)CCCN(C(=O)c2cc(Cn3cc(C)cn3)on2)CC1. The van der Waals surface area contributed by atoms with Gasteiger partial charge in [-0.25, -0.2) is 0 Å². The highest BCUT2D eigenvalue weighted by Gasteiger charge is 2.29. The molecule has 24 heavy (non-hydrogen) atoms. The van der Waals surface area contributed by atoms with Gasteiger partial charge in [0.15, 0.2) is 11.5 Å². The average molecular weight is 330 g/mol. The molecule has 6 heteroatoms. The van der Waals surface area contributed by atoms with Crippen LogP contribution in [0.5, 0.6) is 0 Å². The largest absolute Gasteiger partial charge is 0.359 e. The minimum atomic E-state index is -0.0259. The van der Waals surface area contributed by atoms with Crippen LogP contribution in [0.3, 0.4) is 0 Å². The molecule has 0 spiro atoms. The molecule has 3 heterocycles. The Labute approximate surface area is 142 Å². The molecule has 0 N–H and O–H groups in total. The number of carbonyl (C=O) groups excluding carboxylic acids is 1. The average Bonchev–Trinajstić information content (AvgIpc) is 3.14. The van der Waals surface area contributed by atoms with Crippen LogP contribution in [-0.4, -0.2) is 38.8 Å². The molecular formula is C18H26N4O2. The summed E-state index contributed by atoms with van der Waals surface area (Å²) in [4.78, 5) is 14.6. The Morgan fingerprint density at radius 2 is 2.21 bits per heavy atom. The monoisotopic (exact) mass is 330 g/mol. The zero-order chi connectivity index (χ0) is 17.2. The van der Waals surface area contributed by atoms with Crippen molar-refractivity contribution in [1.29, 1.82) is 0 Å². The number of hydrogen-bond acceptors (Lipinski definition) is 4. The summed E-state index contributed by atoms with van der Waals surface area (Å²) in [6.07, 6.45) is 8.16. The van der Waals surface area contributed by atoms with E-state index in [2.05, 4.69) is 24.1 Å². The van der Waals surface area contributed by atoms with Gasteiger partial charge in [-0.15, -0.1) is 0 Å². The number of aryl methyl sites for hydroxylation is 1. The predicted molar refractivity (Wildman–Crippen MR) is 90.7 cm³/mol. The van der Waals surface area contributed by atoms with Gasteiger partial charge in [0.2, 0.25) is 0 Å². The number of carbonyl (C=O) groups is 1. The molecule has 130 valence electrons. The van der Waals surface area contributed by atoms with Crippen LogP contribution in [-0.2, 0) is 6.54 Å². The molecule has 6 nitrogen and oxygen atoms in total. The minimum Gasteiger partial charge on any atom is -0.359 e. The van der Waals surface area contributed by atoms with E-state index in [0.717, 1.165) is 37.9 Å². The van der Waals surface area contributed by atoms with Gasteiger partial charge < -0.3 is 9.42 Å². The summed E-state index contributed by atoms with van der Waals surface area (Å²) in [5, 5.41) is 8.20. The fourth-order valence-electron chi connectivity index (χ4n) is 3.26. The third-order valence-electron chi connectivity index (χ3n) is 5.19. The highest BCUT2D eigenvalue weighted by molar-refractivity contribution is 5.92. The molecule has 1 atom stereocenters. The summed E-state index contributed by atoms with van der Waals surface area (Å²) in [5.74, 6) is 0.622. The molecule has 0 aromatic carbocycles. The normalized spacial score (nSPS) is 21.7. The molecule has 1 fully saturated rings. The summed E-state index contributed by atoms with van der Waals surface area (Å²) in [6.45, 7) is 8.63. The Balaban J connectivity index is 1.65. The number of hydrogen-bond donors (Lipinski definition) is 0. The summed E-state index contributed by atoms with van der Waals surface area (Å²) in [6, 6.07) is 1.74. The van der Waals surface area contributed by atoms with E-state index < -0.39 is 0 Å². The summed E-state index contributed by atoms with van der Waals surface area (Å²) in [7, 11) is 0. The van der Waals surface area contributed by atoms with Gasteiger partial charge in [0.05, 0.1) is 6.20 Å². The maximum absolute atomic E-state index is 12.7. The lowest BCUT2D eigenvalue weighted by atomic mass is 9.80. The molecule has 1 amide bonds. The van der Waals surface area contributed by atoms with Crippen molar-refractivity contribution in [3.63, 3.8) is 0 Å². The molecule has 0 aliphatic carbocycles. The Morgan fingerprint density at radius 1 is 1.38 bits per heavy atom. The van der Waals surface area contributed by atoms with E-state index in [1.54, 1.807) is 16.9 Å². The van der Waals surface area contributed by atoms with Crippen LogP contribution in [0.15, 0.2) is 23.0 Å². The number of likely N-dealkylation sites (tertiary alicyclic amines) is 1. The standard InChI is InChI=1S/C18H26N4O2/c1-4-18(3)6-5-8-21(9-7-18)17(23)16-10-15(24-20-16)13-22-12-14(2)11-19-22/h10-12H,4-9,13H2,1-3H3. The molecule has 2 aromatic rings. The maximum atomic E-state index is 12.7. The molecule has 0 saturated carbocycles. The van der Waals surface area contributed by atoms with Crippen molar-refractivity contribution in [2.75, 3.05) is 13.1 Å². The van der Waals surface area contributed by atoms with Gasteiger partial charge >= 0.3 is 0 Å². The number of amides is 1. The van der Waals surface area contributed by atoms with Crippen molar-refractivity contribution in [2.45, 2.75) is 53.0 Å². The Hall–Kier alpha value is -2.11. The van der Waals surface area contributed by atoms with E-state index in [1.165, 1.54) is 6.42 Å². The Kier molecular flexibility index (Phi) is 4.73. The third kappa shape index (κ3) is 3.68. The zero-order valence-electron chi connectivity index (χ0n) is 14.8. The number of rotatable bonds is 4. The smallest absolute Gasteiger partial charge is 0.276 e. The van der Waals surface area contributed by atoms with Crippen molar-refractivity contribution >= 4 is 5.91 Å². The molecule has 0 bridgehead atoms. The maximum Gasteiger partial charge on any atom is 0.276 e. The second-order valence-electron chi connectivity index (χ2n) is 7.20. The first-order chi connectivity index (χ1) is 11.5. The first-order valence-corrected chi connectivity index (χ1v) is 8.73. The zero-order valence-corrected chi connectivity index (χ0v) is 14.8. The predicted octanol–water partition coefficient (Wildman–Crippen LogP) is 3.27. The van der Waals surface area contributed by atoms with Gasteiger partial charge in [-0.05, 0) is 37.2 Å². The summed E-state index contributed by atoms with van der Waals surface area (Å²) >= 11 is 0. The van der Waals surface area contributed by atoms with E-state index in [0.29, 0.717) is 23.4 Å². The molecule has 2 aromatic heterocycles. The molecule has 1 unspecified atom stereocenters. The summed E-state index contributed by atoms with van der Waals surface area (Å²) < 4.78 is 7.11. The molecule has 1 aliphatic rings. The number of aromatic nitrogens is 3. The van der Waals surface area contributed by atoms with Crippen LogP contribution in [0, 0.1) is 12.3 Å². The van der Waals surface area contributed by atoms with Gasteiger partial charge in [0.25, 0.3) is 5.91 Å². The van der Waals surface area contributed by atoms with Crippen molar-refractivity contribution in [1.82, 2.24) is 19.8 Å². The van der Waals surface area contributed by atoms with Crippen molar-refractivity contribution in [3.05, 3.63) is 35.5 Å². The summed E-state index contributed by atoms with van der Waals surface area (Å²) in [5.41, 5.74) is 1.84. The van der Waals surface area contributed by atoms with Crippen LogP contribution >= 0.6 is 0 Å². The van der Waals surface area contributed by atoms with Crippen molar-refractivity contribution in [2.24, 2.45) is 5.41 Å². The van der Waals surface area contributed by atoms with E-state index in [4.69, 9.17) is 4.52 Å². The Morgan fingerprint density at radius 3 is 2.92 bits per heavy atom. The van der Waals surface area contributed by atoms with Crippen molar-refractivity contribution < 1.29 is 9.32 Å². The number of nitrogens with zero attached hydrogens (tertiary/aromatic N) is 4. The van der Waals surface area contributed by atoms with E-state index in [-0.39, 0.29) is 5.91 Å². The lowest BCUT2D eigenvalue weighted by molar-refractivity contribution is 0.0745. The van der Waals surface area contributed by atoms with Crippen molar-refractivity contribution in [3.8, 4) is 0 Å². The molecule has 0 radical (unpaired) electrons. The molecule has 1 saturated heterocycles. The van der Waals surface area contributed by atoms with Gasteiger partial charge in [-0.2, -0.15) is 5.10 Å². The van der Waals surface area contributed by atoms with Gasteiger partial charge in [-0.1, -0.05) is 25.4 Å². The Bertz CT molecular complexity index is 705. The first kappa shape index (κ1) is 16.7. The first-order valence-electron chi connectivity index (χ1n) is 8.73. The van der Waals surface area contributed by atoms with E-state index >= 15 is 0 Å². The lowest BCUT2D eigenvalue weighted by Crippen LogP contribution is -2.32. The van der Waals surface area contributed by atoms with Gasteiger partial charge in [0.1, 0.15) is 6.54 Å². The van der Waals surface area contributed by atoms with E-state index in [9.17, 15) is 4.79 Å². The van der Waals surface area contributed by atoms with E-state index in [1.807, 2.05) is 18.0 Å². The van der Waals surface area contributed by atoms with Gasteiger partial charge in [0, 0.05) is 25.4 Å². The van der Waals surface area contributed by atoms with Crippen LogP contribution in [0.4, 0.5) is 0 Å². The molecular weight excluding hydrogens is 304 g/mol. The molecule has 3 rings (SSSR count). The fourth-order valence-corrected chi connectivity index (χ4v) is 3.26. The second kappa shape index (κ2) is 6.79. The van der Waals surface area contributed by atoms with Gasteiger partial charge in [-0.3, -0.25) is 9.48 Å². The fraction of sp³-hybridized carbons (Fsp3) is 0.611. The van der Waals surface area contributed by atoms with Crippen LogP contribution in [0.1, 0.15) is 61.3 Å². The quantitative estimate of drug-likeness (QED) is 0.863. The highest BCUT2D eigenvalue weighted by atomic mass is 16.5. The second-order valence-corrected chi connectivity index (χ2v) is 7.20. The van der Waals surface area contributed by atoms with Crippen LogP contribution < -0.4 is 0 Å². The topological polar surface area (TPSA) is 64.2 Å². The van der Waals surface area contributed by atoms with Crippen LogP contribution in [0.2, 0.25) is 0 Å². The lowest BCUT2D eigenvalue weighted by Gasteiger charge is -2.26. The third-order valence-corrected chi connectivity index (χ3v) is 5.19. The minimum absolute atomic E-state index is 0.0259. The molecule has 1 aliphatic heterocycles.